The quantitative estimate of drug-likeness (QED) is 0.729. The molecule has 1 saturated carbocycles. The monoisotopic (exact) mass is 359 g/mol. The summed E-state index contributed by atoms with van der Waals surface area (Å²) in [5.41, 5.74) is 2.10. The van der Waals surface area contributed by atoms with Gasteiger partial charge in [0, 0.05) is 21.8 Å². The van der Waals surface area contributed by atoms with Crippen LogP contribution in [0.2, 0.25) is 0 Å². The number of hydrogen-bond donors (Lipinski definition) is 1. The molecular formula is C19H21NO4S. The van der Waals surface area contributed by atoms with Crippen LogP contribution in [0, 0.1) is 0 Å². The first-order valence-corrected chi connectivity index (χ1v) is 10.3. The van der Waals surface area contributed by atoms with Crippen molar-refractivity contribution in [2.45, 2.75) is 37.5 Å². The lowest BCUT2D eigenvalue weighted by Gasteiger charge is -2.35. The molecule has 1 aromatic heterocycles. The zero-order valence-corrected chi connectivity index (χ0v) is 14.8. The van der Waals surface area contributed by atoms with Crippen LogP contribution >= 0.6 is 0 Å². The Morgan fingerprint density at radius 3 is 2.12 bits per heavy atom. The normalized spacial score (nSPS) is 24.8. The first-order valence-electron chi connectivity index (χ1n) is 8.50. The van der Waals surface area contributed by atoms with Gasteiger partial charge in [0.25, 0.3) is 10.1 Å². The molecule has 2 aromatic carbocycles. The number of aromatic nitrogens is 1. The van der Waals surface area contributed by atoms with Crippen LogP contribution in [0.5, 0.6) is 0 Å². The molecule has 0 spiro atoms. The third-order valence-electron chi connectivity index (χ3n) is 5.01. The van der Waals surface area contributed by atoms with Gasteiger partial charge >= 0.3 is 0 Å². The Bertz CT molecular complexity index is 971. The SMILES string of the molecule is CS(=O)(=O)O[C@@H]1CCC[C@@H](n2c3ccccc3c3ccccc32)[C@@H]1O. The van der Waals surface area contributed by atoms with Crippen LogP contribution in [0.3, 0.4) is 0 Å². The Kier molecular flexibility index (Phi) is 4.06. The van der Waals surface area contributed by atoms with E-state index < -0.39 is 22.3 Å². The Labute approximate surface area is 147 Å². The molecule has 5 nitrogen and oxygen atoms in total. The number of benzene rings is 2. The van der Waals surface area contributed by atoms with E-state index in [1.165, 1.54) is 0 Å². The van der Waals surface area contributed by atoms with Crippen molar-refractivity contribution < 1.29 is 17.7 Å². The molecule has 0 bridgehead atoms. The number of rotatable bonds is 3. The van der Waals surface area contributed by atoms with Crippen molar-refractivity contribution in [3.63, 3.8) is 0 Å². The number of fused-ring (bicyclic) bond motifs is 3. The highest BCUT2D eigenvalue weighted by atomic mass is 32.2. The van der Waals surface area contributed by atoms with E-state index in [1.54, 1.807) is 0 Å². The molecule has 132 valence electrons. The van der Waals surface area contributed by atoms with E-state index in [2.05, 4.69) is 16.7 Å². The zero-order chi connectivity index (χ0) is 17.6. The number of aliphatic hydroxyl groups is 1. The molecule has 3 aromatic rings. The first kappa shape index (κ1) is 16.6. The van der Waals surface area contributed by atoms with E-state index in [9.17, 15) is 13.5 Å². The summed E-state index contributed by atoms with van der Waals surface area (Å²) in [6.45, 7) is 0. The molecule has 3 atom stereocenters. The largest absolute Gasteiger partial charge is 0.388 e. The molecule has 1 N–H and O–H groups in total. The minimum Gasteiger partial charge on any atom is -0.388 e. The molecule has 0 aliphatic heterocycles. The second kappa shape index (κ2) is 6.12. The smallest absolute Gasteiger partial charge is 0.264 e. The van der Waals surface area contributed by atoms with Gasteiger partial charge in [0.05, 0.1) is 12.3 Å². The highest BCUT2D eigenvalue weighted by Gasteiger charge is 2.36. The van der Waals surface area contributed by atoms with Crippen LogP contribution < -0.4 is 0 Å². The van der Waals surface area contributed by atoms with Crippen molar-refractivity contribution in [2.24, 2.45) is 0 Å². The third-order valence-corrected chi connectivity index (χ3v) is 5.61. The van der Waals surface area contributed by atoms with E-state index in [4.69, 9.17) is 4.18 Å². The average Bonchev–Trinajstić information content (AvgIpc) is 2.90. The maximum atomic E-state index is 11.5. The van der Waals surface area contributed by atoms with Crippen LogP contribution in [0.25, 0.3) is 21.8 Å². The number of hydrogen-bond acceptors (Lipinski definition) is 4. The highest BCUT2D eigenvalue weighted by molar-refractivity contribution is 7.86. The molecule has 1 aliphatic rings. The predicted molar refractivity (Wildman–Crippen MR) is 98.1 cm³/mol. The van der Waals surface area contributed by atoms with Gasteiger partial charge in [-0.2, -0.15) is 8.42 Å². The van der Waals surface area contributed by atoms with Gasteiger partial charge < -0.3 is 9.67 Å². The molecule has 0 amide bonds. The van der Waals surface area contributed by atoms with E-state index >= 15 is 0 Å². The number of aliphatic hydroxyl groups excluding tert-OH is 1. The summed E-state index contributed by atoms with van der Waals surface area (Å²) >= 11 is 0. The van der Waals surface area contributed by atoms with E-state index in [-0.39, 0.29) is 6.04 Å². The summed E-state index contributed by atoms with van der Waals surface area (Å²) in [5, 5.41) is 13.1. The highest BCUT2D eigenvalue weighted by Crippen LogP contribution is 2.38. The van der Waals surface area contributed by atoms with E-state index in [0.717, 1.165) is 40.9 Å². The molecule has 1 fully saturated rings. The molecule has 1 heterocycles. The molecule has 0 unspecified atom stereocenters. The lowest BCUT2D eigenvalue weighted by molar-refractivity contribution is -0.0205. The molecular weight excluding hydrogens is 338 g/mol. The second-order valence-corrected chi connectivity index (χ2v) is 8.33. The maximum absolute atomic E-state index is 11.5. The number of nitrogens with zero attached hydrogens (tertiary/aromatic N) is 1. The molecule has 25 heavy (non-hydrogen) atoms. The molecule has 0 saturated heterocycles. The van der Waals surface area contributed by atoms with Crippen molar-refractivity contribution in [3.8, 4) is 0 Å². The fraction of sp³-hybridized carbons (Fsp3) is 0.368. The Morgan fingerprint density at radius 1 is 1.00 bits per heavy atom. The lowest BCUT2D eigenvalue weighted by Crippen LogP contribution is -2.41. The summed E-state index contributed by atoms with van der Waals surface area (Å²) in [7, 11) is -3.60. The van der Waals surface area contributed by atoms with Gasteiger partial charge in [-0.25, -0.2) is 0 Å². The average molecular weight is 359 g/mol. The van der Waals surface area contributed by atoms with Gasteiger partial charge in [0.15, 0.2) is 0 Å². The van der Waals surface area contributed by atoms with Crippen LogP contribution in [-0.4, -0.2) is 36.6 Å². The minimum absolute atomic E-state index is 0.217. The van der Waals surface area contributed by atoms with Crippen LogP contribution in [0.15, 0.2) is 48.5 Å². The van der Waals surface area contributed by atoms with Crippen LogP contribution in [0.1, 0.15) is 25.3 Å². The zero-order valence-electron chi connectivity index (χ0n) is 14.0. The van der Waals surface area contributed by atoms with Crippen molar-refractivity contribution in [1.82, 2.24) is 4.57 Å². The van der Waals surface area contributed by atoms with E-state index in [1.807, 2.05) is 36.4 Å². The predicted octanol–water partition coefficient (Wildman–Crippen LogP) is 3.23. The lowest BCUT2D eigenvalue weighted by atomic mass is 9.89. The Morgan fingerprint density at radius 2 is 1.56 bits per heavy atom. The van der Waals surface area contributed by atoms with Gasteiger partial charge in [-0.05, 0) is 31.4 Å². The Balaban J connectivity index is 1.85. The molecule has 4 rings (SSSR count). The summed E-state index contributed by atoms with van der Waals surface area (Å²) in [6.07, 6.45) is 1.60. The minimum atomic E-state index is -3.60. The van der Waals surface area contributed by atoms with Crippen molar-refractivity contribution in [2.75, 3.05) is 6.26 Å². The molecule has 6 heteroatoms. The third kappa shape index (κ3) is 2.94. The van der Waals surface area contributed by atoms with Gasteiger partial charge in [-0.3, -0.25) is 4.18 Å². The number of para-hydroxylation sites is 2. The van der Waals surface area contributed by atoms with Gasteiger partial charge in [-0.15, -0.1) is 0 Å². The summed E-state index contributed by atoms with van der Waals surface area (Å²) < 4.78 is 30.3. The van der Waals surface area contributed by atoms with Gasteiger partial charge in [0.2, 0.25) is 0 Å². The Hall–Kier alpha value is -1.89. The van der Waals surface area contributed by atoms with Gasteiger partial charge in [-0.1, -0.05) is 36.4 Å². The van der Waals surface area contributed by atoms with Crippen LogP contribution in [-0.2, 0) is 14.3 Å². The summed E-state index contributed by atoms with van der Waals surface area (Å²) in [5.74, 6) is 0. The molecule has 0 radical (unpaired) electrons. The second-order valence-electron chi connectivity index (χ2n) is 6.73. The first-order chi connectivity index (χ1) is 12.0. The van der Waals surface area contributed by atoms with E-state index in [0.29, 0.717) is 6.42 Å². The fourth-order valence-electron chi connectivity index (χ4n) is 4.04. The van der Waals surface area contributed by atoms with Crippen molar-refractivity contribution >= 4 is 31.9 Å². The summed E-state index contributed by atoms with van der Waals surface area (Å²) in [4.78, 5) is 0. The van der Waals surface area contributed by atoms with Crippen LogP contribution in [0.4, 0.5) is 0 Å². The van der Waals surface area contributed by atoms with Gasteiger partial charge in [0.1, 0.15) is 12.2 Å². The standard InChI is InChI=1S/C19H21NO4S/c1-25(22,23)24-18-12-6-11-17(19(18)21)20-15-9-4-2-7-13(15)14-8-3-5-10-16(14)20/h2-5,7-10,17-19,21H,6,11-12H2,1H3/t17-,18-,19+/m1/s1. The topological polar surface area (TPSA) is 68.5 Å². The van der Waals surface area contributed by atoms with Crippen molar-refractivity contribution in [3.05, 3.63) is 48.5 Å². The van der Waals surface area contributed by atoms with Crippen molar-refractivity contribution in [1.29, 1.82) is 0 Å². The maximum Gasteiger partial charge on any atom is 0.264 e. The molecule has 1 aliphatic carbocycles. The summed E-state index contributed by atoms with van der Waals surface area (Å²) in [6, 6.07) is 16.0. The fourth-order valence-corrected chi connectivity index (χ4v) is 4.70.